The Morgan fingerprint density at radius 2 is 1.04 bits per heavy atom. The van der Waals surface area contributed by atoms with Crippen molar-refractivity contribution in [2.75, 3.05) is 5.33 Å². The zero-order valence-corrected chi connectivity index (χ0v) is 15.9. The summed E-state index contributed by atoms with van der Waals surface area (Å²) in [7, 11) is 0. The molecule has 0 fully saturated rings. The second-order valence-corrected chi connectivity index (χ2v) is 6.88. The zero-order chi connectivity index (χ0) is 16.9. The van der Waals surface area contributed by atoms with Crippen molar-refractivity contribution in [3.05, 3.63) is 100 Å². The van der Waals surface area contributed by atoms with Crippen molar-refractivity contribution in [2.24, 2.45) is 0 Å². The molecule has 0 aliphatic heterocycles. The monoisotopic (exact) mass is 416 g/mol. The largest absolute Gasteiger partial charge is 0.0883 e. The number of halogens is 3. The third kappa shape index (κ3) is 4.10. The van der Waals surface area contributed by atoms with E-state index in [1.54, 1.807) is 0 Å². The molecule has 0 N–H and O–H groups in total. The molecule has 0 radical (unpaired) electrons. The minimum absolute atomic E-state index is 0.745. The average Bonchev–Trinajstić information content (AvgIpc) is 2.62. The lowest BCUT2D eigenvalue weighted by atomic mass is 9.95. The van der Waals surface area contributed by atoms with Crippen LogP contribution in [0.2, 0.25) is 10.0 Å². The van der Waals surface area contributed by atoms with Crippen LogP contribution in [0.25, 0.3) is 16.7 Å². The highest BCUT2D eigenvalue weighted by atomic mass is 79.9. The molecule has 3 rings (SSSR count). The fourth-order valence-corrected chi connectivity index (χ4v) is 3.17. The van der Waals surface area contributed by atoms with Crippen LogP contribution in [-0.4, -0.2) is 5.33 Å². The Balaban J connectivity index is 1.94. The van der Waals surface area contributed by atoms with Crippen LogP contribution in [0.4, 0.5) is 0 Å². The summed E-state index contributed by atoms with van der Waals surface area (Å²) in [5.74, 6) is 0. The Labute approximate surface area is 160 Å². The minimum atomic E-state index is 0.745. The van der Waals surface area contributed by atoms with Gasteiger partial charge in [-0.05, 0) is 52.1 Å². The van der Waals surface area contributed by atoms with Crippen LogP contribution in [0, 0.1) is 0 Å². The molecule has 0 atom stereocenters. The molecule has 3 aromatic rings. The second-order valence-electron chi connectivity index (χ2n) is 5.36. The molecule has 0 heterocycles. The van der Waals surface area contributed by atoms with E-state index in [0.717, 1.165) is 26.5 Å². The quantitative estimate of drug-likeness (QED) is 0.385. The molecule has 0 amide bonds. The fourth-order valence-electron chi connectivity index (χ4n) is 2.59. The van der Waals surface area contributed by atoms with E-state index in [9.17, 15) is 0 Å². The Kier molecular flexibility index (Phi) is 5.78. The number of rotatable bonds is 4. The Bertz CT molecular complexity index is 833. The van der Waals surface area contributed by atoms with Gasteiger partial charge in [0.15, 0.2) is 0 Å². The number of allylic oxidation sites excluding steroid dienone is 1. The third-order valence-electron chi connectivity index (χ3n) is 3.81. The lowest BCUT2D eigenvalue weighted by Crippen LogP contribution is -1.89. The molecule has 0 aliphatic carbocycles. The predicted octanol–water partition coefficient (Wildman–Crippen LogP) is 7.49. The smallest absolute Gasteiger partial charge is 0.0406 e. The van der Waals surface area contributed by atoms with E-state index >= 15 is 0 Å². The van der Waals surface area contributed by atoms with Crippen molar-refractivity contribution in [2.45, 2.75) is 0 Å². The van der Waals surface area contributed by atoms with E-state index in [4.69, 9.17) is 23.2 Å². The molecule has 0 saturated carbocycles. The fraction of sp³-hybridized carbons (Fsp3) is 0.0476. The molecule has 24 heavy (non-hydrogen) atoms. The molecule has 0 nitrogen and oxygen atoms in total. The normalized spacial score (nSPS) is 11.5. The molecule has 0 bridgehead atoms. The summed E-state index contributed by atoms with van der Waals surface area (Å²) < 4.78 is 0. The highest BCUT2D eigenvalue weighted by molar-refractivity contribution is 9.09. The maximum absolute atomic E-state index is 6.00. The van der Waals surface area contributed by atoms with Gasteiger partial charge in [0, 0.05) is 15.4 Å². The molecular formula is C21H15BrCl2. The number of alkyl halides is 1. The first-order valence-corrected chi connectivity index (χ1v) is 9.43. The summed E-state index contributed by atoms with van der Waals surface area (Å²) in [6.07, 6.45) is 2.17. The molecule has 0 aliphatic rings. The van der Waals surface area contributed by atoms with Crippen LogP contribution in [0.15, 0.2) is 78.9 Å². The molecule has 3 heteroatoms. The van der Waals surface area contributed by atoms with Crippen LogP contribution in [0.3, 0.4) is 0 Å². The van der Waals surface area contributed by atoms with Crippen molar-refractivity contribution in [1.82, 2.24) is 0 Å². The van der Waals surface area contributed by atoms with Gasteiger partial charge in [-0.25, -0.2) is 0 Å². The van der Waals surface area contributed by atoms with Crippen LogP contribution in [-0.2, 0) is 0 Å². The predicted molar refractivity (Wildman–Crippen MR) is 109 cm³/mol. The lowest BCUT2D eigenvalue weighted by Gasteiger charge is -2.10. The summed E-state index contributed by atoms with van der Waals surface area (Å²) in [5, 5.41) is 2.29. The SMILES string of the molecule is Clc1ccc(/C(=C/CBr)c2ccc(-c3ccc(Cl)cc3)cc2)cc1. The van der Waals surface area contributed by atoms with Crippen LogP contribution in [0.1, 0.15) is 11.1 Å². The molecule has 0 aromatic heterocycles. The van der Waals surface area contributed by atoms with Gasteiger partial charge in [-0.15, -0.1) is 0 Å². The van der Waals surface area contributed by atoms with E-state index < -0.39 is 0 Å². The summed E-state index contributed by atoms with van der Waals surface area (Å²) in [6, 6.07) is 24.4. The van der Waals surface area contributed by atoms with Gasteiger partial charge in [0.2, 0.25) is 0 Å². The lowest BCUT2D eigenvalue weighted by molar-refractivity contribution is 1.52. The number of hydrogen-bond acceptors (Lipinski definition) is 0. The molecule has 0 unspecified atom stereocenters. The van der Waals surface area contributed by atoms with Gasteiger partial charge in [-0.3, -0.25) is 0 Å². The van der Waals surface area contributed by atoms with Gasteiger partial charge in [-0.1, -0.05) is 93.7 Å². The van der Waals surface area contributed by atoms with Gasteiger partial charge in [0.1, 0.15) is 0 Å². The summed E-state index contributed by atoms with van der Waals surface area (Å²) in [4.78, 5) is 0. The van der Waals surface area contributed by atoms with Gasteiger partial charge in [-0.2, -0.15) is 0 Å². The summed E-state index contributed by atoms with van der Waals surface area (Å²) >= 11 is 15.5. The van der Waals surface area contributed by atoms with Crippen molar-refractivity contribution >= 4 is 44.7 Å². The molecule has 3 aromatic carbocycles. The maximum atomic E-state index is 6.00. The number of benzene rings is 3. The molecule has 120 valence electrons. The van der Waals surface area contributed by atoms with Crippen LogP contribution >= 0.6 is 39.1 Å². The van der Waals surface area contributed by atoms with E-state index in [1.807, 2.05) is 48.5 Å². The molecule has 0 saturated heterocycles. The highest BCUT2D eigenvalue weighted by Gasteiger charge is 2.06. The molecule has 0 spiro atoms. The van der Waals surface area contributed by atoms with E-state index in [2.05, 4.69) is 46.3 Å². The topological polar surface area (TPSA) is 0 Å². The molecular weight excluding hydrogens is 403 g/mol. The van der Waals surface area contributed by atoms with Crippen molar-refractivity contribution in [3.8, 4) is 11.1 Å². The van der Waals surface area contributed by atoms with Gasteiger partial charge < -0.3 is 0 Å². The van der Waals surface area contributed by atoms with Gasteiger partial charge in [0.05, 0.1) is 0 Å². The first kappa shape index (κ1) is 17.3. The number of hydrogen-bond donors (Lipinski definition) is 0. The van der Waals surface area contributed by atoms with Crippen LogP contribution < -0.4 is 0 Å². The van der Waals surface area contributed by atoms with E-state index in [-0.39, 0.29) is 0 Å². The highest BCUT2D eigenvalue weighted by Crippen LogP contribution is 2.28. The Hall–Kier alpha value is -1.54. The van der Waals surface area contributed by atoms with E-state index in [1.165, 1.54) is 16.7 Å². The van der Waals surface area contributed by atoms with Gasteiger partial charge >= 0.3 is 0 Å². The first-order chi connectivity index (χ1) is 11.7. The summed E-state index contributed by atoms with van der Waals surface area (Å²) in [6.45, 7) is 0. The van der Waals surface area contributed by atoms with E-state index in [0.29, 0.717) is 0 Å². The minimum Gasteiger partial charge on any atom is -0.0883 e. The summed E-state index contributed by atoms with van der Waals surface area (Å²) in [5.41, 5.74) is 5.84. The first-order valence-electron chi connectivity index (χ1n) is 7.56. The average molecular weight is 418 g/mol. The van der Waals surface area contributed by atoms with Crippen molar-refractivity contribution < 1.29 is 0 Å². The second kappa shape index (κ2) is 8.02. The van der Waals surface area contributed by atoms with Crippen molar-refractivity contribution in [3.63, 3.8) is 0 Å². The third-order valence-corrected chi connectivity index (χ3v) is 4.64. The van der Waals surface area contributed by atoms with Crippen LogP contribution in [0.5, 0.6) is 0 Å². The maximum Gasteiger partial charge on any atom is 0.0406 e. The Morgan fingerprint density at radius 1 is 0.667 bits per heavy atom. The van der Waals surface area contributed by atoms with Crippen molar-refractivity contribution in [1.29, 1.82) is 0 Å². The Morgan fingerprint density at radius 3 is 1.50 bits per heavy atom. The van der Waals surface area contributed by atoms with Gasteiger partial charge in [0.25, 0.3) is 0 Å². The standard InChI is InChI=1S/C21H15BrCl2/c22-14-13-21(18-7-11-20(24)12-8-18)17-3-1-15(2-4-17)16-5-9-19(23)10-6-16/h1-13H,14H2/b21-13+. The zero-order valence-electron chi connectivity index (χ0n) is 12.8.